The standard InChI is InChI=1S/C23H25N3O3S/c1-17-4-9-22-20(15-17)3-2-12-26(22)23(27)19-10-13-25(14-11-19)30(28,29)21-7-5-18(16-24)6-8-21/h4-9,15,19H,2-3,10-14H2,1H3. The minimum atomic E-state index is -3.62. The fourth-order valence-electron chi connectivity index (χ4n) is 4.37. The number of carbonyl (C=O) groups is 1. The molecule has 2 aliphatic heterocycles. The first-order valence-electron chi connectivity index (χ1n) is 10.3. The van der Waals surface area contributed by atoms with E-state index in [9.17, 15) is 13.2 Å². The molecule has 2 aromatic carbocycles. The van der Waals surface area contributed by atoms with Gasteiger partial charge in [0.25, 0.3) is 0 Å². The summed E-state index contributed by atoms with van der Waals surface area (Å²) in [4.78, 5) is 15.3. The molecule has 0 radical (unpaired) electrons. The quantitative estimate of drug-likeness (QED) is 0.759. The second-order valence-electron chi connectivity index (χ2n) is 8.04. The van der Waals surface area contributed by atoms with Crippen LogP contribution in [0.2, 0.25) is 0 Å². The summed E-state index contributed by atoms with van der Waals surface area (Å²) in [5.74, 6) is -0.0557. The van der Waals surface area contributed by atoms with Gasteiger partial charge in [-0.25, -0.2) is 8.42 Å². The molecule has 0 bridgehead atoms. The van der Waals surface area contributed by atoms with E-state index >= 15 is 0 Å². The van der Waals surface area contributed by atoms with Crippen molar-refractivity contribution in [2.24, 2.45) is 5.92 Å². The molecule has 2 heterocycles. The third kappa shape index (κ3) is 3.85. The first-order valence-corrected chi connectivity index (χ1v) is 11.8. The Balaban J connectivity index is 1.45. The number of fused-ring (bicyclic) bond motifs is 1. The van der Waals surface area contributed by atoms with Crippen LogP contribution in [0.1, 0.15) is 36.0 Å². The zero-order valence-corrected chi connectivity index (χ0v) is 17.9. The van der Waals surface area contributed by atoms with E-state index in [4.69, 9.17) is 5.26 Å². The van der Waals surface area contributed by atoms with E-state index in [1.54, 1.807) is 0 Å². The molecule has 0 atom stereocenters. The Hall–Kier alpha value is -2.69. The summed E-state index contributed by atoms with van der Waals surface area (Å²) in [5, 5.41) is 8.90. The maximum Gasteiger partial charge on any atom is 0.243 e. The van der Waals surface area contributed by atoms with Crippen molar-refractivity contribution < 1.29 is 13.2 Å². The van der Waals surface area contributed by atoms with Crippen molar-refractivity contribution in [1.82, 2.24) is 4.31 Å². The smallest absolute Gasteiger partial charge is 0.243 e. The van der Waals surface area contributed by atoms with E-state index in [0.717, 1.165) is 25.1 Å². The zero-order valence-electron chi connectivity index (χ0n) is 17.0. The number of piperidine rings is 1. The van der Waals surface area contributed by atoms with Gasteiger partial charge >= 0.3 is 0 Å². The molecule has 0 aromatic heterocycles. The number of sulfonamides is 1. The Morgan fingerprint density at radius 3 is 2.43 bits per heavy atom. The summed E-state index contributed by atoms with van der Waals surface area (Å²) >= 11 is 0. The summed E-state index contributed by atoms with van der Waals surface area (Å²) in [5.41, 5.74) is 3.85. The number of hydrogen-bond acceptors (Lipinski definition) is 4. The number of nitrogens with zero attached hydrogens (tertiary/aromatic N) is 3. The maximum absolute atomic E-state index is 13.2. The molecule has 2 aliphatic rings. The SMILES string of the molecule is Cc1ccc2c(c1)CCCN2C(=O)C1CCN(S(=O)(=O)c2ccc(C#N)cc2)CC1. The molecular weight excluding hydrogens is 398 g/mol. The molecule has 4 rings (SSSR count). The summed E-state index contributed by atoms with van der Waals surface area (Å²) in [6, 6.07) is 14.2. The highest BCUT2D eigenvalue weighted by Gasteiger charge is 2.35. The van der Waals surface area contributed by atoms with Crippen LogP contribution in [0.25, 0.3) is 0 Å². The van der Waals surface area contributed by atoms with E-state index in [1.165, 1.54) is 39.7 Å². The number of aryl methyl sites for hydroxylation is 2. The minimum absolute atomic E-state index is 0.107. The van der Waals surface area contributed by atoms with Gasteiger partial charge in [0.05, 0.1) is 16.5 Å². The Bertz CT molecular complexity index is 1100. The number of hydrogen-bond donors (Lipinski definition) is 0. The van der Waals surface area contributed by atoms with Crippen molar-refractivity contribution in [2.75, 3.05) is 24.5 Å². The lowest BCUT2D eigenvalue weighted by Crippen LogP contribution is -2.45. The van der Waals surface area contributed by atoms with Crippen LogP contribution >= 0.6 is 0 Å². The van der Waals surface area contributed by atoms with E-state index in [-0.39, 0.29) is 16.7 Å². The molecule has 1 fully saturated rings. The van der Waals surface area contributed by atoms with Crippen LogP contribution < -0.4 is 4.90 Å². The lowest BCUT2D eigenvalue weighted by atomic mass is 9.93. The van der Waals surface area contributed by atoms with Crippen molar-refractivity contribution in [1.29, 1.82) is 5.26 Å². The van der Waals surface area contributed by atoms with Gasteiger partial charge in [-0.2, -0.15) is 9.57 Å². The molecule has 6 nitrogen and oxygen atoms in total. The van der Waals surface area contributed by atoms with Gasteiger partial charge in [-0.3, -0.25) is 4.79 Å². The molecule has 156 valence electrons. The fraction of sp³-hybridized carbons (Fsp3) is 0.391. The monoisotopic (exact) mass is 423 g/mol. The van der Waals surface area contributed by atoms with E-state index in [1.807, 2.05) is 23.1 Å². The summed E-state index contributed by atoms with van der Waals surface area (Å²) in [6.07, 6.45) is 2.98. The highest BCUT2D eigenvalue weighted by atomic mass is 32.2. The minimum Gasteiger partial charge on any atom is -0.312 e. The highest BCUT2D eigenvalue weighted by molar-refractivity contribution is 7.89. The second kappa shape index (κ2) is 8.21. The van der Waals surface area contributed by atoms with Crippen molar-refractivity contribution in [2.45, 2.75) is 37.5 Å². The molecule has 0 aliphatic carbocycles. The van der Waals surface area contributed by atoms with Crippen LogP contribution in [0.15, 0.2) is 47.4 Å². The molecule has 1 saturated heterocycles. The number of rotatable bonds is 3. The maximum atomic E-state index is 13.2. The predicted octanol–water partition coefficient (Wildman–Crippen LogP) is 3.25. The number of anilines is 1. The molecular formula is C23H25N3O3S. The third-order valence-corrected chi connectivity index (χ3v) is 7.96. The summed E-state index contributed by atoms with van der Waals surface area (Å²) < 4.78 is 27.3. The van der Waals surface area contributed by atoms with Crippen molar-refractivity contribution in [3.63, 3.8) is 0 Å². The van der Waals surface area contributed by atoms with Gasteiger partial charge in [0.15, 0.2) is 0 Å². The molecule has 7 heteroatoms. The third-order valence-electron chi connectivity index (χ3n) is 6.04. The normalized spacial score (nSPS) is 17.9. The van der Waals surface area contributed by atoms with E-state index in [2.05, 4.69) is 13.0 Å². The first kappa shape index (κ1) is 20.6. The second-order valence-corrected chi connectivity index (χ2v) is 9.98. The average Bonchev–Trinajstić information content (AvgIpc) is 2.78. The number of nitriles is 1. The Kier molecular flexibility index (Phi) is 5.63. The van der Waals surface area contributed by atoms with E-state index < -0.39 is 10.0 Å². The predicted molar refractivity (Wildman–Crippen MR) is 114 cm³/mol. The zero-order chi connectivity index (χ0) is 21.3. The summed E-state index contributed by atoms with van der Waals surface area (Å²) in [7, 11) is -3.62. The Labute approximate surface area is 177 Å². The number of carbonyl (C=O) groups excluding carboxylic acids is 1. The molecule has 0 saturated carbocycles. The Morgan fingerprint density at radius 2 is 1.77 bits per heavy atom. The number of amides is 1. The lowest BCUT2D eigenvalue weighted by molar-refractivity contribution is -0.123. The van der Waals surface area contributed by atoms with Crippen LogP contribution in [0.5, 0.6) is 0 Å². The van der Waals surface area contributed by atoms with Gasteiger partial charge in [-0.1, -0.05) is 17.7 Å². The number of benzene rings is 2. The van der Waals surface area contributed by atoms with E-state index in [0.29, 0.717) is 31.5 Å². The molecule has 30 heavy (non-hydrogen) atoms. The lowest BCUT2D eigenvalue weighted by Gasteiger charge is -2.36. The van der Waals surface area contributed by atoms with Gasteiger partial charge < -0.3 is 4.90 Å². The average molecular weight is 424 g/mol. The van der Waals surface area contributed by atoms with Crippen LogP contribution in [-0.2, 0) is 21.2 Å². The van der Waals surface area contributed by atoms with Gasteiger partial charge in [0, 0.05) is 31.2 Å². The molecule has 0 spiro atoms. The fourth-order valence-corrected chi connectivity index (χ4v) is 5.84. The van der Waals surface area contributed by atoms with Crippen molar-refractivity contribution in [3.05, 3.63) is 59.2 Å². The van der Waals surface area contributed by atoms with Crippen molar-refractivity contribution in [3.8, 4) is 6.07 Å². The topological polar surface area (TPSA) is 81.5 Å². The van der Waals surface area contributed by atoms with Crippen molar-refractivity contribution >= 4 is 21.6 Å². The van der Waals surface area contributed by atoms with Crippen LogP contribution in [0, 0.1) is 24.2 Å². The van der Waals surface area contributed by atoms with Crippen LogP contribution in [-0.4, -0.2) is 38.3 Å². The first-order chi connectivity index (χ1) is 14.4. The van der Waals surface area contributed by atoms with Crippen LogP contribution in [0.4, 0.5) is 5.69 Å². The molecule has 1 amide bonds. The van der Waals surface area contributed by atoms with Gasteiger partial charge in [0.2, 0.25) is 15.9 Å². The largest absolute Gasteiger partial charge is 0.312 e. The summed E-state index contributed by atoms with van der Waals surface area (Å²) in [6.45, 7) is 3.43. The van der Waals surface area contributed by atoms with Gasteiger partial charge in [0.1, 0.15) is 0 Å². The molecule has 2 aromatic rings. The Morgan fingerprint density at radius 1 is 1.07 bits per heavy atom. The highest BCUT2D eigenvalue weighted by Crippen LogP contribution is 2.32. The van der Waals surface area contributed by atoms with Gasteiger partial charge in [-0.15, -0.1) is 0 Å². The van der Waals surface area contributed by atoms with Gasteiger partial charge in [-0.05, 0) is 68.5 Å². The molecule has 0 N–H and O–H groups in total. The molecule has 0 unspecified atom stereocenters. The van der Waals surface area contributed by atoms with Crippen LogP contribution in [0.3, 0.4) is 0 Å².